The van der Waals surface area contributed by atoms with E-state index in [1.54, 1.807) is 13.4 Å². The zero-order valence-electron chi connectivity index (χ0n) is 15.1. The summed E-state index contributed by atoms with van der Waals surface area (Å²) >= 11 is 0. The summed E-state index contributed by atoms with van der Waals surface area (Å²) in [6.07, 6.45) is 11.0. The number of allylic oxidation sites excluding steroid dienone is 1. The quantitative estimate of drug-likeness (QED) is 0.805. The fourth-order valence-corrected chi connectivity index (χ4v) is 5.58. The van der Waals surface area contributed by atoms with Gasteiger partial charge in [0.1, 0.15) is 12.1 Å². The van der Waals surface area contributed by atoms with Gasteiger partial charge in [-0.05, 0) is 31.6 Å². The van der Waals surface area contributed by atoms with Crippen LogP contribution in [0.3, 0.4) is 0 Å². The van der Waals surface area contributed by atoms with E-state index in [1.165, 1.54) is 0 Å². The summed E-state index contributed by atoms with van der Waals surface area (Å²) in [6, 6.07) is 0.449. The lowest BCUT2D eigenvalue weighted by molar-refractivity contribution is 0.217. The minimum absolute atomic E-state index is 0.350. The molecule has 0 saturated heterocycles. The summed E-state index contributed by atoms with van der Waals surface area (Å²) < 4.78 is 25.3. The van der Waals surface area contributed by atoms with Crippen molar-refractivity contribution in [2.24, 2.45) is 5.92 Å². The molecule has 1 aromatic rings. The molecule has 25 heavy (non-hydrogen) atoms. The number of ether oxygens (including phenoxy) is 1. The third-order valence-corrected chi connectivity index (χ3v) is 7.20. The standard InChI is InChI=1S/C18H28N4O2S/c1-22(18-16-4-3-5-17(16)20-13-21-18)15-8-6-14(7-9-15)12-25(19,23)11-10-24-2/h3-4,13-15,19H,5-12H2,1-2H3. The van der Waals surface area contributed by atoms with Crippen LogP contribution >= 0.6 is 0 Å². The van der Waals surface area contributed by atoms with Crippen LogP contribution in [-0.2, 0) is 20.9 Å². The summed E-state index contributed by atoms with van der Waals surface area (Å²) in [5.41, 5.74) is 2.26. The maximum absolute atomic E-state index is 12.3. The molecule has 1 fully saturated rings. The van der Waals surface area contributed by atoms with Crippen molar-refractivity contribution >= 4 is 21.6 Å². The first-order chi connectivity index (χ1) is 12.0. The number of methoxy groups -OCH3 is 1. The third-order valence-electron chi connectivity index (χ3n) is 5.36. The van der Waals surface area contributed by atoms with Crippen LogP contribution in [0, 0.1) is 10.7 Å². The molecule has 0 aromatic carbocycles. The van der Waals surface area contributed by atoms with Crippen molar-refractivity contribution in [3.05, 3.63) is 23.7 Å². The van der Waals surface area contributed by atoms with Crippen LogP contribution in [0.4, 0.5) is 5.82 Å². The number of anilines is 1. The zero-order chi connectivity index (χ0) is 17.9. The Balaban J connectivity index is 1.58. The number of nitrogens with zero attached hydrogens (tertiary/aromatic N) is 3. The van der Waals surface area contributed by atoms with E-state index in [0.29, 0.717) is 30.1 Å². The molecule has 1 unspecified atom stereocenters. The Morgan fingerprint density at radius 3 is 2.80 bits per heavy atom. The van der Waals surface area contributed by atoms with Crippen molar-refractivity contribution in [3.63, 3.8) is 0 Å². The summed E-state index contributed by atoms with van der Waals surface area (Å²) in [5.74, 6) is 2.27. The van der Waals surface area contributed by atoms with Gasteiger partial charge in [-0.2, -0.15) is 0 Å². The average molecular weight is 365 g/mol. The first-order valence-electron chi connectivity index (χ1n) is 8.96. The van der Waals surface area contributed by atoms with E-state index < -0.39 is 9.73 Å². The van der Waals surface area contributed by atoms with E-state index in [1.807, 2.05) is 0 Å². The summed E-state index contributed by atoms with van der Waals surface area (Å²) in [7, 11) is 1.20. The molecular formula is C18H28N4O2S. The van der Waals surface area contributed by atoms with Gasteiger partial charge in [0.2, 0.25) is 0 Å². The van der Waals surface area contributed by atoms with Crippen molar-refractivity contribution in [3.8, 4) is 0 Å². The maximum Gasteiger partial charge on any atom is 0.139 e. The fraction of sp³-hybridized carbons (Fsp3) is 0.667. The van der Waals surface area contributed by atoms with Crippen LogP contribution in [0.25, 0.3) is 6.08 Å². The highest BCUT2D eigenvalue weighted by molar-refractivity contribution is 7.92. The molecule has 2 aliphatic carbocycles. The van der Waals surface area contributed by atoms with Crippen molar-refractivity contribution in [2.45, 2.75) is 38.1 Å². The Hall–Kier alpha value is -1.47. The van der Waals surface area contributed by atoms with E-state index in [9.17, 15) is 4.21 Å². The predicted octanol–water partition coefficient (Wildman–Crippen LogP) is 2.73. The lowest BCUT2D eigenvalue weighted by Crippen LogP contribution is -2.37. The second-order valence-corrected chi connectivity index (χ2v) is 9.49. The van der Waals surface area contributed by atoms with E-state index in [4.69, 9.17) is 9.52 Å². The van der Waals surface area contributed by atoms with Crippen LogP contribution < -0.4 is 4.90 Å². The largest absolute Gasteiger partial charge is 0.384 e. The van der Waals surface area contributed by atoms with Crippen LogP contribution in [0.1, 0.15) is 36.9 Å². The number of fused-ring (bicyclic) bond motifs is 1. The highest BCUT2D eigenvalue weighted by Gasteiger charge is 2.28. The SMILES string of the molecule is COCCS(=N)(=O)CC1CCC(N(C)c2ncnc3c2C=CC3)CC1. The molecular weight excluding hydrogens is 336 g/mol. The van der Waals surface area contributed by atoms with Crippen LogP contribution in [0.15, 0.2) is 12.4 Å². The van der Waals surface area contributed by atoms with Crippen LogP contribution in [0.2, 0.25) is 0 Å². The van der Waals surface area contributed by atoms with Gasteiger partial charge in [-0.1, -0.05) is 12.2 Å². The van der Waals surface area contributed by atoms with Gasteiger partial charge in [-0.3, -0.25) is 4.78 Å². The zero-order valence-corrected chi connectivity index (χ0v) is 15.9. The van der Waals surface area contributed by atoms with Gasteiger partial charge in [-0.15, -0.1) is 0 Å². The molecule has 0 spiro atoms. The fourth-order valence-electron chi connectivity index (χ4n) is 3.88. The number of hydrogen-bond acceptors (Lipinski definition) is 6. The lowest BCUT2D eigenvalue weighted by Gasteiger charge is -2.36. The van der Waals surface area contributed by atoms with Gasteiger partial charge in [0.05, 0.1) is 18.1 Å². The van der Waals surface area contributed by atoms with Gasteiger partial charge < -0.3 is 9.64 Å². The monoisotopic (exact) mass is 364 g/mol. The Labute approximate surface area is 150 Å². The molecule has 1 N–H and O–H groups in total. The van der Waals surface area contributed by atoms with E-state index in [0.717, 1.165) is 49.2 Å². The van der Waals surface area contributed by atoms with Crippen molar-refractivity contribution in [1.82, 2.24) is 9.97 Å². The maximum atomic E-state index is 12.3. The van der Waals surface area contributed by atoms with Gasteiger partial charge >= 0.3 is 0 Å². The van der Waals surface area contributed by atoms with Gasteiger partial charge in [0.25, 0.3) is 0 Å². The molecule has 6 nitrogen and oxygen atoms in total. The number of aromatic nitrogens is 2. The molecule has 0 radical (unpaired) electrons. The first-order valence-corrected chi connectivity index (χ1v) is 10.9. The second-order valence-electron chi connectivity index (χ2n) is 7.13. The Bertz CT molecular complexity index is 725. The Kier molecular flexibility index (Phi) is 5.74. The summed E-state index contributed by atoms with van der Waals surface area (Å²) in [6.45, 7) is 0.409. The van der Waals surface area contributed by atoms with Crippen LogP contribution in [0.5, 0.6) is 0 Å². The lowest BCUT2D eigenvalue weighted by atomic mass is 9.86. The van der Waals surface area contributed by atoms with Gasteiger partial charge in [0.15, 0.2) is 0 Å². The van der Waals surface area contributed by atoms with Crippen molar-refractivity contribution in [2.75, 3.05) is 37.2 Å². The molecule has 2 aliphatic rings. The number of nitrogens with one attached hydrogen (secondary N) is 1. The predicted molar refractivity (Wildman–Crippen MR) is 101 cm³/mol. The molecule has 138 valence electrons. The molecule has 0 aliphatic heterocycles. The van der Waals surface area contributed by atoms with Crippen LogP contribution in [-0.4, -0.2) is 52.5 Å². The Morgan fingerprint density at radius 2 is 2.08 bits per heavy atom. The van der Waals surface area contributed by atoms with Gasteiger partial charge in [0, 0.05) is 47.7 Å². The second kappa shape index (κ2) is 7.83. The third kappa shape index (κ3) is 4.39. The molecule has 1 atom stereocenters. The summed E-state index contributed by atoms with van der Waals surface area (Å²) in [5, 5.41) is 0. The summed E-state index contributed by atoms with van der Waals surface area (Å²) in [4.78, 5) is 11.2. The molecule has 0 bridgehead atoms. The first kappa shape index (κ1) is 18.3. The molecule has 3 rings (SSSR count). The van der Waals surface area contributed by atoms with Gasteiger partial charge in [-0.25, -0.2) is 14.2 Å². The normalized spacial score (nSPS) is 24.7. The topological polar surface area (TPSA) is 79.2 Å². The molecule has 1 saturated carbocycles. The smallest absolute Gasteiger partial charge is 0.139 e. The highest BCUT2D eigenvalue weighted by Crippen LogP contribution is 2.33. The van der Waals surface area contributed by atoms with E-state index in [2.05, 4.69) is 34.1 Å². The molecule has 0 amide bonds. The average Bonchev–Trinajstić information content (AvgIpc) is 3.08. The highest BCUT2D eigenvalue weighted by atomic mass is 32.2. The van der Waals surface area contributed by atoms with Crippen molar-refractivity contribution in [1.29, 1.82) is 4.78 Å². The number of hydrogen-bond donors (Lipinski definition) is 1. The molecule has 1 aromatic heterocycles. The molecule has 1 heterocycles. The van der Waals surface area contributed by atoms with Crippen molar-refractivity contribution < 1.29 is 8.95 Å². The molecule has 7 heteroatoms. The minimum Gasteiger partial charge on any atom is -0.384 e. The minimum atomic E-state index is -2.51. The Morgan fingerprint density at radius 1 is 1.32 bits per heavy atom. The van der Waals surface area contributed by atoms with E-state index in [-0.39, 0.29) is 0 Å². The number of rotatable bonds is 7. The van der Waals surface area contributed by atoms with E-state index >= 15 is 0 Å².